The second-order valence-electron chi connectivity index (χ2n) is 4.79. The summed E-state index contributed by atoms with van der Waals surface area (Å²) >= 11 is 0. The lowest BCUT2D eigenvalue weighted by Crippen LogP contribution is -2.11. The molecule has 3 N–H and O–H groups in total. The van der Waals surface area contributed by atoms with E-state index in [4.69, 9.17) is 9.88 Å². The van der Waals surface area contributed by atoms with Crippen LogP contribution in [0.4, 0.5) is 0 Å². The Bertz CT molecular complexity index is 799. The maximum absolute atomic E-state index is 11.2. The van der Waals surface area contributed by atoms with Crippen molar-refractivity contribution in [3.63, 3.8) is 0 Å². The van der Waals surface area contributed by atoms with E-state index in [1.807, 2.05) is 6.92 Å². The van der Waals surface area contributed by atoms with Crippen LogP contribution in [0.15, 0.2) is 52.4 Å². The average molecular weight is 334 g/mol. The lowest BCUT2D eigenvalue weighted by Gasteiger charge is -2.07. The molecular weight excluding hydrogens is 316 g/mol. The number of phenols is 1. The Morgan fingerprint density at radius 2 is 1.91 bits per heavy atom. The van der Waals surface area contributed by atoms with Gasteiger partial charge in [0.1, 0.15) is 0 Å². The maximum Gasteiger partial charge on any atom is 0.238 e. The number of aromatic hydroxyl groups is 1. The van der Waals surface area contributed by atoms with Crippen LogP contribution in [0.25, 0.3) is 0 Å². The highest BCUT2D eigenvalue weighted by molar-refractivity contribution is 7.89. The van der Waals surface area contributed by atoms with Crippen LogP contribution in [0, 0.1) is 0 Å². The number of sulfonamides is 1. The first-order valence-electron chi connectivity index (χ1n) is 6.98. The molecule has 0 spiro atoms. The molecule has 0 saturated carbocycles. The molecule has 0 aliphatic heterocycles. The number of hydrogen-bond donors (Lipinski definition) is 2. The summed E-state index contributed by atoms with van der Waals surface area (Å²) in [5.74, 6) is 0.455. The van der Waals surface area contributed by atoms with Crippen molar-refractivity contribution in [2.45, 2.75) is 18.4 Å². The normalized spacial score (nSPS) is 11.7. The van der Waals surface area contributed by atoms with Gasteiger partial charge in [0.15, 0.2) is 11.5 Å². The van der Waals surface area contributed by atoms with Crippen LogP contribution in [-0.2, 0) is 16.6 Å². The maximum atomic E-state index is 11.2. The third-order valence-corrected chi connectivity index (χ3v) is 4.02. The first-order valence-corrected chi connectivity index (χ1v) is 8.53. The van der Waals surface area contributed by atoms with Crippen molar-refractivity contribution in [3.8, 4) is 11.5 Å². The zero-order valence-corrected chi connectivity index (χ0v) is 13.5. The fourth-order valence-corrected chi connectivity index (χ4v) is 2.46. The molecule has 0 radical (unpaired) electrons. The van der Waals surface area contributed by atoms with E-state index >= 15 is 0 Å². The van der Waals surface area contributed by atoms with Crippen LogP contribution < -0.4 is 9.88 Å². The monoisotopic (exact) mass is 334 g/mol. The minimum Gasteiger partial charge on any atom is -0.504 e. The van der Waals surface area contributed by atoms with E-state index in [0.717, 1.165) is 5.56 Å². The number of ether oxygens (including phenoxy) is 1. The number of hydrogen-bond acceptors (Lipinski definition) is 5. The number of para-hydroxylation sites is 1. The van der Waals surface area contributed by atoms with Crippen LogP contribution >= 0.6 is 0 Å². The van der Waals surface area contributed by atoms with E-state index in [2.05, 4.69) is 4.99 Å². The SMILES string of the molecule is CCOc1cccc(C=NCc2ccc(S(N)(=O)=O)cc2)c1O. The molecule has 6 nitrogen and oxygen atoms in total. The van der Waals surface area contributed by atoms with Gasteiger partial charge in [-0.3, -0.25) is 4.99 Å². The van der Waals surface area contributed by atoms with Gasteiger partial charge in [0.25, 0.3) is 0 Å². The fourth-order valence-electron chi connectivity index (χ4n) is 1.95. The average Bonchev–Trinajstić information content (AvgIpc) is 2.51. The Morgan fingerprint density at radius 3 is 2.52 bits per heavy atom. The molecule has 0 heterocycles. The summed E-state index contributed by atoms with van der Waals surface area (Å²) in [4.78, 5) is 4.31. The number of phenolic OH excluding ortho intramolecular Hbond substituents is 1. The molecule has 0 aromatic heterocycles. The molecule has 0 aliphatic rings. The first-order chi connectivity index (χ1) is 10.9. The number of benzene rings is 2. The van der Waals surface area contributed by atoms with E-state index < -0.39 is 10.0 Å². The lowest BCUT2D eigenvalue weighted by atomic mass is 10.2. The van der Waals surface area contributed by atoms with E-state index in [1.54, 1.807) is 36.5 Å². The molecular formula is C16H18N2O4S. The standard InChI is InChI=1S/C16H18N2O4S/c1-2-22-15-5-3-4-13(16(15)19)11-18-10-12-6-8-14(9-7-12)23(17,20)21/h3-9,11,19H,2,10H2,1H3,(H2,17,20,21). The quantitative estimate of drug-likeness (QED) is 0.789. The summed E-state index contributed by atoms with van der Waals surface area (Å²) in [7, 11) is -3.68. The highest BCUT2D eigenvalue weighted by Crippen LogP contribution is 2.28. The van der Waals surface area contributed by atoms with Gasteiger partial charge in [-0.25, -0.2) is 13.6 Å². The Balaban J connectivity index is 2.09. The van der Waals surface area contributed by atoms with Crippen molar-refractivity contribution < 1.29 is 18.3 Å². The van der Waals surface area contributed by atoms with Gasteiger partial charge in [0.2, 0.25) is 10.0 Å². The van der Waals surface area contributed by atoms with Crippen molar-refractivity contribution in [2.24, 2.45) is 10.1 Å². The minimum absolute atomic E-state index is 0.0441. The molecule has 2 rings (SSSR count). The predicted octanol–water partition coefficient (Wildman–Crippen LogP) is 2.06. The highest BCUT2D eigenvalue weighted by Gasteiger charge is 2.07. The van der Waals surface area contributed by atoms with Gasteiger partial charge in [0, 0.05) is 11.8 Å². The van der Waals surface area contributed by atoms with Gasteiger partial charge in [-0.15, -0.1) is 0 Å². The number of aliphatic imine (C=N–C) groups is 1. The van der Waals surface area contributed by atoms with Gasteiger partial charge < -0.3 is 9.84 Å². The third-order valence-electron chi connectivity index (χ3n) is 3.09. The summed E-state index contributed by atoms with van der Waals surface area (Å²) in [6.07, 6.45) is 1.55. The number of rotatable bonds is 6. The van der Waals surface area contributed by atoms with Crippen LogP contribution in [0.2, 0.25) is 0 Å². The zero-order valence-electron chi connectivity index (χ0n) is 12.6. The lowest BCUT2D eigenvalue weighted by molar-refractivity contribution is 0.318. The Kier molecular flexibility index (Phi) is 5.36. The number of primary sulfonamides is 1. The second kappa shape index (κ2) is 7.26. The van der Waals surface area contributed by atoms with Crippen LogP contribution in [0.3, 0.4) is 0 Å². The van der Waals surface area contributed by atoms with E-state index in [9.17, 15) is 13.5 Å². The third kappa shape index (κ3) is 4.54. The molecule has 0 bridgehead atoms. The Morgan fingerprint density at radius 1 is 1.22 bits per heavy atom. The van der Waals surface area contributed by atoms with Crippen molar-refractivity contribution in [3.05, 3.63) is 53.6 Å². The van der Waals surface area contributed by atoms with Gasteiger partial charge in [-0.1, -0.05) is 18.2 Å². The largest absolute Gasteiger partial charge is 0.504 e. The summed E-state index contributed by atoms with van der Waals surface area (Å²) in [6, 6.07) is 11.3. The van der Waals surface area contributed by atoms with Crippen molar-refractivity contribution in [1.29, 1.82) is 0 Å². The van der Waals surface area contributed by atoms with E-state index in [-0.39, 0.29) is 10.6 Å². The molecule has 7 heteroatoms. The van der Waals surface area contributed by atoms with E-state index in [1.165, 1.54) is 12.1 Å². The molecule has 122 valence electrons. The van der Waals surface area contributed by atoms with Crippen LogP contribution in [0.1, 0.15) is 18.1 Å². The summed E-state index contributed by atoms with van der Waals surface area (Å²) in [6.45, 7) is 2.65. The smallest absolute Gasteiger partial charge is 0.238 e. The number of nitrogens with two attached hydrogens (primary N) is 1. The topological polar surface area (TPSA) is 102 Å². The molecule has 23 heavy (non-hydrogen) atoms. The Labute approximate surface area is 135 Å². The van der Waals surface area contributed by atoms with Gasteiger partial charge in [0.05, 0.1) is 18.0 Å². The van der Waals surface area contributed by atoms with Crippen molar-refractivity contribution >= 4 is 16.2 Å². The Hall–Kier alpha value is -2.38. The molecule has 0 unspecified atom stereocenters. The van der Waals surface area contributed by atoms with Crippen LogP contribution in [-0.4, -0.2) is 26.3 Å². The molecule has 2 aromatic carbocycles. The number of nitrogens with zero attached hydrogens (tertiary/aromatic N) is 1. The van der Waals surface area contributed by atoms with Gasteiger partial charge in [-0.2, -0.15) is 0 Å². The molecule has 2 aromatic rings. The predicted molar refractivity (Wildman–Crippen MR) is 88.4 cm³/mol. The first kappa shape index (κ1) is 17.0. The highest BCUT2D eigenvalue weighted by atomic mass is 32.2. The minimum atomic E-state index is -3.68. The summed E-state index contributed by atoms with van der Waals surface area (Å²) in [5, 5.41) is 15.1. The van der Waals surface area contributed by atoms with Crippen molar-refractivity contribution in [1.82, 2.24) is 0 Å². The molecule has 0 fully saturated rings. The fraction of sp³-hybridized carbons (Fsp3) is 0.188. The zero-order chi connectivity index (χ0) is 16.9. The molecule has 0 amide bonds. The van der Waals surface area contributed by atoms with E-state index in [0.29, 0.717) is 24.5 Å². The van der Waals surface area contributed by atoms with Gasteiger partial charge >= 0.3 is 0 Å². The second-order valence-corrected chi connectivity index (χ2v) is 6.35. The van der Waals surface area contributed by atoms with Gasteiger partial charge in [-0.05, 0) is 36.8 Å². The molecule has 0 atom stereocenters. The molecule has 0 aliphatic carbocycles. The molecule has 0 saturated heterocycles. The summed E-state index contributed by atoms with van der Waals surface area (Å²) in [5.41, 5.74) is 1.38. The van der Waals surface area contributed by atoms with Crippen molar-refractivity contribution in [2.75, 3.05) is 6.61 Å². The van der Waals surface area contributed by atoms with Crippen LogP contribution in [0.5, 0.6) is 11.5 Å². The summed E-state index contributed by atoms with van der Waals surface area (Å²) < 4.78 is 27.7.